The average Bonchev–Trinajstić information content (AvgIpc) is 3.69. The molecule has 0 aromatic carbocycles. The molecule has 6 fully saturated rings. The van der Waals surface area contributed by atoms with Gasteiger partial charge in [0.1, 0.15) is 0 Å². The third-order valence-corrected chi connectivity index (χ3v) is 20.4. The monoisotopic (exact) mass is 1240 g/mol. The molecule has 59 heavy (non-hydrogen) atoms. The molecule has 0 heterocycles. The van der Waals surface area contributed by atoms with Gasteiger partial charge in [-0.3, -0.25) is 4.79 Å². The van der Waals surface area contributed by atoms with Crippen molar-refractivity contribution < 1.29 is 103 Å². The summed E-state index contributed by atoms with van der Waals surface area (Å²) < 4.78 is 0. The van der Waals surface area contributed by atoms with E-state index < -0.39 is 0 Å². The molecule has 3 nitrogen and oxygen atoms in total. The summed E-state index contributed by atoms with van der Waals surface area (Å²) >= 11 is 0. The van der Waals surface area contributed by atoms with Gasteiger partial charge in [0.25, 0.3) is 0 Å². The van der Waals surface area contributed by atoms with E-state index in [-0.39, 0.29) is 112 Å². The minimum atomic E-state index is -0.241. The quantitative estimate of drug-likeness (QED) is 0.214. The maximum Gasteiger partial charge on any atom is 0.159 e. The van der Waals surface area contributed by atoms with Gasteiger partial charge < -0.3 is 10.2 Å². The van der Waals surface area contributed by atoms with Crippen LogP contribution in [-0.2, 0) is 4.79 Å². The van der Waals surface area contributed by atoms with Gasteiger partial charge in [0, 0.05) is 94.0 Å². The topological polar surface area (TPSA) is 57.5 Å². The minimum Gasteiger partial charge on any atom is -0.393 e. The summed E-state index contributed by atoms with van der Waals surface area (Å²) in [5.41, 5.74) is 4.37. The first-order valence-electron chi connectivity index (χ1n) is 25.2. The summed E-state index contributed by atoms with van der Waals surface area (Å²) in [6, 6.07) is 0. The van der Waals surface area contributed by atoms with E-state index >= 15 is 0 Å². The predicted molar refractivity (Wildman–Crippen MR) is 238 cm³/mol. The number of allylic oxidation sites excluding steroid dienone is 2. The second-order valence-corrected chi connectivity index (χ2v) is 24.3. The molecule has 0 aromatic rings. The molecular weight excluding hydrogens is 1150 g/mol. The van der Waals surface area contributed by atoms with Crippen LogP contribution >= 0.6 is 0 Å². The van der Waals surface area contributed by atoms with Gasteiger partial charge in [0.2, 0.25) is 0 Å². The van der Waals surface area contributed by atoms with Crippen LogP contribution in [0.4, 0.5) is 0 Å². The Kier molecular flexibility index (Phi) is 18.4. The molecule has 8 aliphatic carbocycles. The van der Waals surface area contributed by atoms with Crippen LogP contribution in [0.3, 0.4) is 0 Å². The summed E-state index contributed by atoms with van der Waals surface area (Å²) in [6.07, 6.45) is 30.8. The largest absolute Gasteiger partial charge is 0.393 e. The van der Waals surface area contributed by atoms with Crippen LogP contribution in [0.2, 0.25) is 0 Å². The smallest absolute Gasteiger partial charge is 0.159 e. The molecule has 12 unspecified atom stereocenters. The number of carbonyl (C=O) groups excluding carboxylic acids is 1. The van der Waals surface area contributed by atoms with Crippen molar-refractivity contribution >= 4 is 5.78 Å². The summed E-state index contributed by atoms with van der Waals surface area (Å²) in [6.45, 7) is 24.7. The normalized spacial score (nSPS) is 44.4. The van der Waals surface area contributed by atoms with Crippen LogP contribution in [0.5, 0.6) is 0 Å². The average molecular weight is 1240 g/mol. The van der Waals surface area contributed by atoms with Gasteiger partial charge in [-0.25, -0.2) is 0 Å². The van der Waals surface area contributed by atoms with Crippen LogP contribution in [0, 0.1) is 181 Å². The Bertz CT molecular complexity index is 1490. The van der Waals surface area contributed by atoms with Gasteiger partial charge in [0.15, 0.2) is 5.78 Å². The molecule has 0 saturated heterocycles. The predicted octanol–water partition coefficient (Wildman–Crippen LogP) is 14.0. The number of aliphatic hydroxyl groups excluding tert-OH is 2. The Labute approximate surface area is 436 Å². The first kappa shape index (κ1) is 51.9. The molecule has 330 valence electrons. The zero-order chi connectivity index (χ0) is 41.1. The molecule has 16 atom stereocenters. The number of ketones is 1. The Balaban J connectivity index is 0.000000217. The molecular formula is C54H90Ac2O3. The van der Waals surface area contributed by atoms with Crippen LogP contribution in [-0.4, -0.2) is 28.2 Å². The maximum atomic E-state index is 13.4. The number of aliphatic hydroxyl groups is 2. The molecule has 0 aromatic heterocycles. The maximum absolute atomic E-state index is 13.4. The molecule has 8 rings (SSSR count). The molecule has 2 N–H and O–H groups in total. The van der Waals surface area contributed by atoms with Crippen molar-refractivity contribution in [3.05, 3.63) is 23.3 Å². The molecule has 6 saturated carbocycles. The third kappa shape index (κ3) is 10.1. The fourth-order valence-electron chi connectivity index (χ4n) is 17.1. The van der Waals surface area contributed by atoms with E-state index in [0.717, 1.165) is 85.4 Å². The fourth-order valence-corrected chi connectivity index (χ4v) is 17.1. The molecule has 2 radical (unpaired) electrons. The first-order valence-corrected chi connectivity index (χ1v) is 25.2. The van der Waals surface area contributed by atoms with Crippen molar-refractivity contribution in [2.24, 2.45) is 92.7 Å². The summed E-state index contributed by atoms with van der Waals surface area (Å²) in [4.78, 5) is 13.4. The second-order valence-electron chi connectivity index (χ2n) is 24.3. The Morgan fingerprint density at radius 2 is 1.05 bits per heavy atom. The van der Waals surface area contributed by atoms with Crippen molar-refractivity contribution in [1.82, 2.24) is 0 Å². The third-order valence-electron chi connectivity index (χ3n) is 20.4. The van der Waals surface area contributed by atoms with Gasteiger partial charge in [-0.15, -0.1) is 0 Å². The van der Waals surface area contributed by atoms with Crippen LogP contribution in [0.25, 0.3) is 0 Å². The van der Waals surface area contributed by atoms with Crippen molar-refractivity contribution in [3.63, 3.8) is 0 Å². The zero-order valence-corrected chi connectivity index (χ0v) is 49.5. The number of hydrogen-bond donors (Lipinski definition) is 2. The number of carbonyl (C=O) groups is 1. The van der Waals surface area contributed by atoms with E-state index in [0.29, 0.717) is 33.9 Å². The van der Waals surface area contributed by atoms with Gasteiger partial charge in [0.05, 0.1) is 12.2 Å². The van der Waals surface area contributed by atoms with E-state index in [1.807, 2.05) is 6.08 Å². The van der Waals surface area contributed by atoms with E-state index in [1.165, 1.54) is 108 Å². The molecule has 0 amide bonds. The first-order chi connectivity index (χ1) is 26.9. The Hall–Kier alpha value is 1.95. The van der Waals surface area contributed by atoms with Crippen LogP contribution < -0.4 is 0 Å². The van der Waals surface area contributed by atoms with Crippen molar-refractivity contribution in [3.8, 4) is 0 Å². The summed E-state index contributed by atoms with van der Waals surface area (Å²) in [5, 5.41) is 20.4. The molecule has 8 aliphatic rings. The Morgan fingerprint density at radius 3 is 1.59 bits per heavy atom. The van der Waals surface area contributed by atoms with Gasteiger partial charge in [-0.2, -0.15) is 0 Å². The molecule has 5 heteroatoms. The number of hydrogen-bond acceptors (Lipinski definition) is 3. The SMILES string of the molecule is CC(C)CCCC(C)C1CCC2C3C(=O)C=C4CC(O)CC[C@]4(C)C3CC[C@]12C.CC(C)CCCC(C)C1CCC2C3CC=C4CC(O)CC[C@]4(C)C3CC[C@]12C.[Ac].[Ac]. The van der Waals surface area contributed by atoms with Crippen molar-refractivity contribution in [1.29, 1.82) is 0 Å². The summed E-state index contributed by atoms with van der Waals surface area (Å²) in [7, 11) is 0. The van der Waals surface area contributed by atoms with E-state index in [9.17, 15) is 15.0 Å². The molecule has 0 spiro atoms. The van der Waals surface area contributed by atoms with Crippen molar-refractivity contribution in [2.75, 3.05) is 0 Å². The number of fused-ring (bicyclic) bond motifs is 10. The second kappa shape index (κ2) is 20.9. The van der Waals surface area contributed by atoms with Gasteiger partial charge >= 0.3 is 0 Å². The minimum absolute atomic E-state index is 0. The fraction of sp³-hybridized carbons (Fsp3) is 0.907. The van der Waals surface area contributed by atoms with Crippen LogP contribution in [0.15, 0.2) is 23.3 Å². The number of rotatable bonds is 10. The molecule has 0 bridgehead atoms. The van der Waals surface area contributed by atoms with Crippen molar-refractivity contribution in [2.45, 2.75) is 216 Å². The van der Waals surface area contributed by atoms with E-state index in [1.54, 1.807) is 5.57 Å². The summed E-state index contributed by atoms with van der Waals surface area (Å²) in [5.74, 6) is 9.57. The molecule has 0 aliphatic heterocycles. The van der Waals surface area contributed by atoms with E-state index in [4.69, 9.17) is 0 Å². The van der Waals surface area contributed by atoms with E-state index in [2.05, 4.69) is 75.3 Å². The standard InChI is InChI=1S/C27H44O2.C27H46O.2Ac/c1-17(2)7-6-8-18(3)21-9-10-22-25-23(12-14-27(21,22)5)26(4)13-11-20(28)15-19(26)16-24(25)29;1-18(2)7-6-8-19(3)23-11-12-24-22-10-9-20-17-21(28)13-15-26(20,4)25(22)14-16-27(23,24)5;;/h16-18,20-23,25,28H,6-15H2,1-5H3;9,18-19,21-25,28H,6-8,10-17H2,1-5H3;;/t18?,20?,21?,22?,23?,25?,26-,27+;19?,21?,22?,23?,24?,25?,26-,27+;;/m00../s1. The van der Waals surface area contributed by atoms with Gasteiger partial charge in [-0.05, 0) is 189 Å². The zero-order valence-electron chi connectivity index (χ0n) is 40.0. The Morgan fingerprint density at radius 1 is 0.576 bits per heavy atom. The van der Waals surface area contributed by atoms with Gasteiger partial charge in [-0.1, -0.05) is 125 Å². The van der Waals surface area contributed by atoms with Crippen LogP contribution in [0.1, 0.15) is 204 Å².